The van der Waals surface area contributed by atoms with Crippen LogP contribution in [0.4, 0.5) is 5.69 Å². The molecule has 1 amide bonds. The lowest BCUT2D eigenvalue weighted by Crippen LogP contribution is -2.53. The van der Waals surface area contributed by atoms with E-state index in [0.29, 0.717) is 10.8 Å². The van der Waals surface area contributed by atoms with Gasteiger partial charge in [-0.05, 0) is 25.1 Å². The van der Waals surface area contributed by atoms with Crippen molar-refractivity contribution in [3.8, 4) is 5.75 Å². The van der Waals surface area contributed by atoms with E-state index in [0.717, 1.165) is 25.3 Å². The minimum atomic E-state index is 0. The lowest BCUT2D eigenvalue weighted by atomic mass is 10.2. The van der Waals surface area contributed by atoms with Gasteiger partial charge < -0.3 is 20.3 Å². The monoisotopic (exact) mass is 369 g/mol. The van der Waals surface area contributed by atoms with Crippen molar-refractivity contribution < 1.29 is 9.53 Å². The third-order valence-corrected chi connectivity index (χ3v) is 3.65. The van der Waals surface area contributed by atoms with Crippen molar-refractivity contribution in [3.05, 3.63) is 23.2 Å². The van der Waals surface area contributed by atoms with Crippen molar-refractivity contribution in [3.63, 3.8) is 0 Å². The first-order chi connectivity index (χ1) is 9.61. The first-order valence-corrected chi connectivity index (χ1v) is 7.07. The normalized spacial score (nSPS) is 17.0. The Balaban J connectivity index is 0.00000220. The second-order valence-electron chi connectivity index (χ2n) is 4.84. The number of piperazine rings is 1. The summed E-state index contributed by atoms with van der Waals surface area (Å²) in [5.41, 5.74) is 0.733. The molecule has 0 saturated carbocycles. The number of nitrogens with zero attached hydrogens (tertiary/aromatic N) is 1. The van der Waals surface area contributed by atoms with E-state index in [1.165, 1.54) is 0 Å². The molecule has 0 radical (unpaired) electrons. The molecule has 1 saturated heterocycles. The Hall–Kier alpha value is -0.880. The fourth-order valence-electron chi connectivity index (χ4n) is 2.30. The number of rotatable bonds is 4. The van der Waals surface area contributed by atoms with Crippen LogP contribution in [0.25, 0.3) is 0 Å². The van der Waals surface area contributed by atoms with E-state index in [-0.39, 0.29) is 43.3 Å². The van der Waals surface area contributed by atoms with Crippen LogP contribution in [0, 0.1) is 0 Å². The molecule has 0 bridgehead atoms. The zero-order chi connectivity index (χ0) is 14.5. The zero-order valence-corrected chi connectivity index (χ0v) is 15.0. The summed E-state index contributed by atoms with van der Waals surface area (Å²) in [6, 6.07) is 5.52. The van der Waals surface area contributed by atoms with Crippen LogP contribution < -0.4 is 15.4 Å². The average Bonchev–Trinajstić information content (AvgIpc) is 2.45. The Morgan fingerprint density at radius 2 is 2.23 bits per heavy atom. The van der Waals surface area contributed by atoms with Crippen LogP contribution in [0.2, 0.25) is 5.02 Å². The summed E-state index contributed by atoms with van der Waals surface area (Å²) in [5, 5.41) is 6.98. The number of hydrogen-bond acceptors (Lipinski definition) is 4. The second-order valence-corrected chi connectivity index (χ2v) is 5.27. The van der Waals surface area contributed by atoms with Gasteiger partial charge in [0, 0.05) is 30.7 Å². The van der Waals surface area contributed by atoms with E-state index >= 15 is 0 Å². The summed E-state index contributed by atoms with van der Waals surface area (Å²) < 4.78 is 5.24. The summed E-state index contributed by atoms with van der Waals surface area (Å²) in [7, 11) is 1.59. The first-order valence-electron chi connectivity index (χ1n) is 6.69. The van der Waals surface area contributed by atoms with Crippen LogP contribution in [0.15, 0.2) is 18.2 Å². The highest BCUT2D eigenvalue weighted by Gasteiger charge is 2.22. The van der Waals surface area contributed by atoms with E-state index in [1.807, 2.05) is 11.8 Å². The van der Waals surface area contributed by atoms with Gasteiger partial charge in [-0.1, -0.05) is 11.6 Å². The van der Waals surface area contributed by atoms with Crippen LogP contribution in [0.1, 0.15) is 6.92 Å². The minimum Gasteiger partial charge on any atom is -0.495 e. The van der Waals surface area contributed by atoms with Crippen molar-refractivity contribution in [2.24, 2.45) is 0 Å². The highest BCUT2D eigenvalue weighted by atomic mass is 35.5. The molecule has 1 aliphatic rings. The number of carbonyl (C=O) groups excluding carboxylic acids is 1. The largest absolute Gasteiger partial charge is 0.495 e. The van der Waals surface area contributed by atoms with Gasteiger partial charge in [-0.2, -0.15) is 0 Å². The maximum atomic E-state index is 12.2. The summed E-state index contributed by atoms with van der Waals surface area (Å²) in [6.07, 6.45) is 0. The van der Waals surface area contributed by atoms with Gasteiger partial charge in [-0.15, -0.1) is 24.8 Å². The summed E-state index contributed by atoms with van der Waals surface area (Å²) in [5.74, 6) is 0.761. The molecular weight excluding hydrogens is 349 g/mol. The number of benzene rings is 1. The van der Waals surface area contributed by atoms with Gasteiger partial charge in [0.05, 0.1) is 19.3 Å². The lowest BCUT2D eigenvalue weighted by Gasteiger charge is -2.34. The number of hydrogen-bond donors (Lipinski definition) is 2. The molecule has 2 N–H and O–H groups in total. The Morgan fingerprint density at radius 1 is 1.50 bits per heavy atom. The maximum Gasteiger partial charge on any atom is 0.242 e. The highest BCUT2D eigenvalue weighted by Crippen LogP contribution is 2.27. The molecule has 1 aromatic rings. The van der Waals surface area contributed by atoms with E-state index in [9.17, 15) is 4.79 Å². The van der Waals surface area contributed by atoms with Gasteiger partial charge >= 0.3 is 0 Å². The van der Waals surface area contributed by atoms with Crippen LogP contribution >= 0.6 is 36.4 Å². The quantitative estimate of drug-likeness (QED) is 0.855. The zero-order valence-electron chi connectivity index (χ0n) is 12.6. The Morgan fingerprint density at radius 3 is 2.86 bits per heavy atom. The van der Waals surface area contributed by atoms with E-state index < -0.39 is 0 Å². The molecule has 5 nitrogen and oxygen atoms in total. The number of methoxy groups -OCH3 is 1. The molecule has 1 aromatic carbocycles. The van der Waals surface area contributed by atoms with E-state index in [1.54, 1.807) is 25.3 Å². The molecule has 8 heteroatoms. The minimum absolute atomic E-state index is 0. The van der Waals surface area contributed by atoms with Gasteiger partial charge in [-0.3, -0.25) is 4.79 Å². The number of amides is 1. The van der Waals surface area contributed by atoms with Gasteiger partial charge in [0.15, 0.2) is 0 Å². The Kier molecular flexibility index (Phi) is 9.60. The van der Waals surface area contributed by atoms with Crippen LogP contribution in [-0.4, -0.2) is 50.1 Å². The number of anilines is 1. The summed E-state index contributed by atoms with van der Waals surface area (Å²) in [4.78, 5) is 14.1. The van der Waals surface area contributed by atoms with Crippen LogP contribution in [-0.2, 0) is 4.79 Å². The van der Waals surface area contributed by atoms with Crippen molar-refractivity contribution >= 4 is 48.0 Å². The Bertz CT molecular complexity index is 488. The highest BCUT2D eigenvalue weighted by molar-refractivity contribution is 6.30. The fraction of sp³-hybridized carbons (Fsp3) is 0.500. The van der Waals surface area contributed by atoms with Crippen LogP contribution in [0.5, 0.6) is 5.75 Å². The van der Waals surface area contributed by atoms with E-state index in [4.69, 9.17) is 16.3 Å². The third-order valence-electron chi connectivity index (χ3n) is 3.41. The first kappa shape index (κ1) is 21.1. The van der Waals surface area contributed by atoms with Crippen molar-refractivity contribution in [1.29, 1.82) is 0 Å². The summed E-state index contributed by atoms with van der Waals surface area (Å²) >= 11 is 5.96. The molecule has 1 aliphatic heterocycles. The van der Waals surface area contributed by atoms with Crippen molar-refractivity contribution in [1.82, 2.24) is 10.2 Å². The molecule has 0 aliphatic carbocycles. The van der Waals surface area contributed by atoms with Gasteiger partial charge in [0.2, 0.25) is 5.91 Å². The molecule has 22 heavy (non-hydrogen) atoms. The number of ether oxygens (including phenoxy) is 1. The molecule has 2 rings (SSSR count). The Labute approximate surface area is 148 Å². The van der Waals surface area contributed by atoms with Gasteiger partial charge in [-0.25, -0.2) is 0 Å². The third kappa shape index (κ3) is 5.39. The maximum absolute atomic E-state index is 12.2. The predicted molar refractivity (Wildman–Crippen MR) is 95.0 cm³/mol. The average molecular weight is 371 g/mol. The smallest absolute Gasteiger partial charge is 0.242 e. The number of halogens is 3. The van der Waals surface area contributed by atoms with E-state index in [2.05, 4.69) is 10.6 Å². The molecular formula is C14H22Cl3N3O2. The topological polar surface area (TPSA) is 53.6 Å². The second kappa shape index (κ2) is 10.0. The lowest BCUT2D eigenvalue weighted by molar-refractivity contribution is -0.132. The standard InChI is InChI=1S/C14H20ClN3O2.2ClH/c1-10-8-16-5-6-18(10)14(19)9-17-12-7-11(15)3-4-13(12)20-2;;/h3-4,7,10,16-17H,5-6,8-9H2,1-2H3;2*1H/t10-;;/m0../s1. The molecule has 1 fully saturated rings. The molecule has 1 atom stereocenters. The van der Waals surface area contributed by atoms with Crippen molar-refractivity contribution in [2.45, 2.75) is 13.0 Å². The molecule has 0 unspecified atom stereocenters. The molecule has 1 heterocycles. The molecule has 0 aromatic heterocycles. The van der Waals surface area contributed by atoms with Crippen LogP contribution in [0.3, 0.4) is 0 Å². The predicted octanol–water partition coefficient (Wildman–Crippen LogP) is 2.42. The van der Waals surface area contributed by atoms with Gasteiger partial charge in [0.1, 0.15) is 5.75 Å². The van der Waals surface area contributed by atoms with Gasteiger partial charge in [0.25, 0.3) is 0 Å². The number of nitrogens with one attached hydrogen (secondary N) is 2. The fourth-order valence-corrected chi connectivity index (χ4v) is 2.47. The number of carbonyl (C=O) groups is 1. The molecule has 0 spiro atoms. The SMILES string of the molecule is COc1ccc(Cl)cc1NCC(=O)N1CCNC[C@@H]1C.Cl.Cl. The van der Waals surface area contributed by atoms with Crippen molar-refractivity contribution in [2.75, 3.05) is 38.6 Å². The summed E-state index contributed by atoms with van der Waals surface area (Å²) in [6.45, 7) is 4.71. The molecule has 126 valence electrons.